The van der Waals surface area contributed by atoms with Crippen LogP contribution in [0.3, 0.4) is 0 Å². The monoisotopic (exact) mass is 275 g/mol. The van der Waals surface area contributed by atoms with Gasteiger partial charge in [-0.1, -0.05) is 23.7 Å². The molecule has 4 bridgehead atoms. The van der Waals surface area contributed by atoms with Gasteiger partial charge in [-0.25, -0.2) is 0 Å². The molecule has 0 saturated heterocycles. The fraction of sp³-hybridized carbons (Fsp3) is 0.647. The zero-order chi connectivity index (χ0) is 13.0. The Kier molecular flexibility index (Phi) is 2.72. The fourth-order valence-corrected chi connectivity index (χ4v) is 5.71. The molecule has 1 aromatic rings. The van der Waals surface area contributed by atoms with E-state index in [0.29, 0.717) is 5.41 Å². The summed E-state index contributed by atoms with van der Waals surface area (Å²) in [5, 5.41) is 0.807. The molecule has 4 aliphatic rings. The first-order valence-corrected chi connectivity index (χ1v) is 8.03. The van der Waals surface area contributed by atoms with Crippen LogP contribution in [-0.2, 0) is 0 Å². The van der Waals surface area contributed by atoms with Crippen LogP contribution >= 0.6 is 11.6 Å². The van der Waals surface area contributed by atoms with Crippen LogP contribution in [0.15, 0.2) is 24.3 Å². The standard InChI is InChI=1S/C17H22ClN/c18-15-3-1-14(2-4-15)16(19)17-8-11-5-12(9-17)7-13(6-11)10-17/h1-4,11-13,16H,5-10,19H2. The van der Waals surface area contributed by atoms with Crippen molar-refractivity contribution in [3.63, 3.8) is 0 Å². The minimum Gasteiger partial charge on any atom is -0.323 e. The second-order valence-corrected chi connectivity index (χ2v) is 7.75. The van der Waals surface area contributed by atoms with Crippen LogP contribution in [0, 0.1) is 23.2 Å². The van der Waals surface area contributed by atoms with Crippen LogP contribution in [0.4, 0.5) is 0 Å². The number of hydrogen-bond acceptors (Lipinski definition) is 1. The fourth-order valence-electron chi connectivity index (χ4n) is 5.58. The van der Waals surface area contributed by atoms with Crippen LogP contribution in [0.5, 0.6) is 0 Å². The van der Waals surface area contributed by atoms with E-state index in [1.54, 1.807) is 0 Å². The highest BCUT2D eigenvalue weighted by molar-refractivity contribution is 6.30. The van der Waals surface area contributed by atoms with E-state index < -0.39 is 0 Å². The Morgan fingerprint density at radius 1 is 0.947 bits per heavy atom. The van der Waals surface area contributed by atoms with Crippen molar-refractivity contribution < 1.29 is 0 Å². The smallest absolute Gasteiger partial charge is 0.0406 e. The lowest BCUT2D eigenvalue weighted by Crippen LogP contribution is -2.50. The summed E-state index contributed by atoms with van der Waals surface area (Å²) in [6, 6.07) is 8.43. The lowest BCUT2D eigenvalue weighted by molar-refractivity contribution is -0.0677. The van der Waals surface area contributed by atoms with Crippen LogP contribution in [0.2, 0.25) is 5.02 Å². The Hall–Kier alpha value is -0.530. The molecule has 2 heteroatoms. The Labute approximate surface area is 120 Å². The second kappa shape index (κ2) is 4.23. The highest BCUT2D eigenvalue weighted by Crippen LogP contribution is 2.63. The van der Waals surface area contributed by atoms with Crippen molar-refractivity contribution in [2.24, 2.45) is 28.9 Å². The predicted molar refractivity (Wildman–Crippen MR) is 79.0 cm³/mol. The lowest BCUT2D eigenvalue weighted by Gasteiger charge is -2.59. The summed E-state index contributed by atoms with van der Waals surface area (Å²) < 4.78 is 0. The Morgan fingerprint density at radius 2 is 1.42 bits per heavy atom. The molecule has 1 aromatic carbocycles. The molecule has 4 fully saturated rings. The van der Waals surface area contributed by atoms with Gasteiger partial charge in [-0.2, -0.15) is 0 Å². The van der Waals surface area contributed by atoms with Gasteiger partial charge in [0, 0.05) is 11.1 Å². The van der Waals surface area contributed by atoms with Gasteiger partial charge in [0.15, 0.2) is 0 Å². The third-order valence-corrected chi connectivity index (χ3v) is 6.23. The van der Waals surface area contributed by atoms with Crippen LogP contribution in [-0.4, -0.2) is 0 Å². The van der Waals surface area contributed by atoms with Crippen molar-refractivity contribution in [1.82, 2.24) is 0 Å². The summed E-state index contributed by atoms with van der Waals surface area (Å²) >= 11 is 5.99. The van der Waals surface area contributed by atoms with Crippen molar-refractivity contribution in [1.29, 1.82) is 0 Å². The lowest BCUT2D eigenvalue weighted by atomic mass is 9.47. The maximum Gasteiger partial charge on any atom is 0.0406 e. The average Bonchev–Trinajstić information content (AvgIpc) is 2.37. The molecule has 1 atom stereocenters. The second-order valence-electron chi connectivity index (χ2n) is 7.31. The van der Waals surface area contributed by atoms with Gasteiger partial charge in [-0.3, -0.25) is 0 Å². The zero-order valence-corrected chi connectivity index (χ0v) is 12.1. The first-order valence-electron chi connectivity index (χ1n) is 7.66. The zero-order valence-electron chi connectivity index (χ0n) is 11.3. The minimum atomic E-state index is 0.207. The summed E-state index contributed by atoms with van der Waals surface area (Å²) in [6.45, 7) is 0. The summed E-state index contributed by atoms with van der Waals surface area (Å²) in [5.41, 5.74) is 8.38. The van der Waals surface area contributed by atoms with Crippen LogP contribution in [0.1, 0.15) is 50.1 Å². The molecule has 2 N–H and O–H groups in total. The molecule has 0 radical (unpaired) electrons. The summed E-state index contributed by atoms with van der Waals surface area (Å²) in [4.78, 5) is 0. The van der Waals surface area contributed by atoms with Gasteiger partial charge in [-0.15, -0.1) is 0 Å². The minimum absolute atomic E-state index is 0.207. The van der Waals surface area contributed by atoms with E-state index in [4.69, 9.17) is 17.3 Å². The van der Waals surface area contributed by atoms with Gasteiger partial charge in [0.05, 0.1) is 0 Å². The number of nitrogens with two attached hydrogens (primary N) is 1. The van der Waals surface area contributed by atoms with Gasteiger partial charge in [0.2, 0.25) is 0 Å². The van der Waals surface area contributed by atoms with E-state index in [1.807, 2.05) is 12.1 Å². The van der Waals surface area contributed by atoms with Crippen LogP contribution in [0.25, 0.3) is 0 Å². The topological polar surface area (TPSA) is 26.0 Å². The Balaban J connectivity index is 1.65. The van der Waals surface area contributed by atoms with Crippen LogP contribution < -0.4 is 5.73 Å². The molecule has 0 spiro atoms. The molecule has 0 aromatic heterocycles. The number of halogens is 1. The SMILES string of the molecule is NC(c1ccc(Cl)cc1)C12CC3CC(CC(C3)C1)C2. The molecule has 102 valence electrons. The Morgan fingerprint density at radius 3 is 1.89 bits per heavy atom. The summed E-state index contributed by atoms with van der Waals surface area (Å²) in [6.07, 6.45) is 8.53. The van der Waals surface area contributed by atoms with E-state index >= 15 is 0 Å². The van der Waals surface area contributed by atoms with E-state index in [1.165, 1.54) is 44.1 Å². The molecule has 4 aliphatic carbocycles. The first-order chi connectivity index (χ1) is 9.14. The average molecular weight is 276 g/mol. The highest BCUT2D eigenvalue weighted by atomic mass is 35.5. The molecule has 4 saturated carbocycles. The van der Waals surface area contributed by atoms with E-state index in [0.717, 1.165) is 22.8 Å². The summed E-state index contributed by atoms with van der Waals surface area (Å²) in [5.74, 6) is 2.89. The van der Waals surface area contributed by atoms with Crippen molar-refractivity contribution in [2.45, 2.75) is 44.6 Å². The highest BCUT2D eigenvalue weighted by Gasteiger charge is 2.53. The molecule has 5 rings (SSSR count). The quantitative estimate of drug-likeness (QED) is 0.841. The molecule has 1 unspecified atom stereocenters. The third kappa shape index (κ3) is 1.94. The van der Waals surface area contributed by atoms with Gasteiger partial charge in [0.1, 0.15) is 0 Å². The van der Waals surface area contributed by atoms with E-state index in [2.05, 4.69) is 12.1 Å². The maximum atomic E-state index is 6.70. The maximum absolute atomic E-state index is 6.70. The molecular weight excluding hydrogens is 254 g/mol. The first kappa shape index (κ1) is 12.2. The van der Waals surface area contributed by atoms with Gasteiger partial charge in [-0.05, 0) is 79.4 Å². The van der Waals surface area contributed by atoms with Crippen molar-refractivity contribution in [3.8, 4) is 0 Å². The predicted octanol–water partition coefficient (Wildman–Crippen LogP) is 4.56. The van der Waals surface area contributed by atoms with Gasteiger partial charge >= 0.3 is 0 Å². The van der Waals surface area contributed by atoms with Crippen molar-refractivity contribution in [2.75, 3.05) is 0 Å². The van der Waals surface area contributed by atoms with E-state index in [9.17, 15) is 0 Å². The molecule has 0 heterocycles. The summed E-state index contributed by atoms with van der Waals surface area (Å²) in [7, 11) is 0. The number of hydrogen-bond donors (Lipinski definition) is 1. The molecule has 0 amide bonds. The van der Waals surface area contributed by atoms with Gasteiger partial charge < -0.3 is 5.73 Å². The van der Waals surface area contributed by atoms with Gasteiger partial charge in [0.25, 0.3) is 0 Å². The molecule has 0 aliphatic heterocycles. The van der Waals surface area contributed by atoms with E-state index in [-0.39, 0.29) is 6.04 Å². The number of rotatable bonds is 2. The third-order valence-electron chi connectivity index (χ3n) is 5.97. The molecule has 19 heavy (non-hydrogen) atoms. The number of benzene rings is 1. The Bertz CT molecular complexity index is 443. The largest absolute Gasteiger partial charge is 0.323 e. The molecular formula is C17H22ClN. The normalized spacial score (nSPS) is 41.5. The van der Waals surface area contributed by atoms with Crippen molar-refractivity contribution in [3.05, 3.63) is 34.9 Å². The molecule has 1 nitrogen and oxygen atoms in total. The van der Waals surface area contributed by atoms with Crippen molar-refractivity contribution >= 4 is 11.6 Å².